The first-order valence-electron chi connectivity index (χ1n) is 28.1. The quantitative estimate of drug-likeness (QED) is 0.0193. The molecule has 1 saturated heterocycles. The minimum atomic E-state index is -5.08. The van der Waals surface area contributed by atoms with E-state index in [-0.39, 0.29) is 12.5 Å². The molecule has 7 unspecified atom stereocenters. The topological polar surface area (TPSA) is 192 Å². The molecular formula is C54H105NO11S. The molecule has 0 aromatic heterocycles. The summed E-state index contributed by atoms with van der Waals surface area (Å²) in [5, 5.41) is 45.0. The molecule has 67 heavy (non-hydrogen) atoms. The number of aliphatic hydroxyl groups excluding tert-OH is 4. The van der Waals surface area contributed by atoms with Gasteiger partial charge in [-0.25, -0.2) is 4.18 Å². The maximum absolute atomic E-state index is 13.1. The van der Waals surface area contributed by atoms with E-state index in [1.807, 2.05) is 0 Å². The van der Waals surface area contributed by atoms with Gasteiger partial charge in [0, 0.05) is 6.42 Å². The van der Waals surface area contributed by atoms with E-state index in [1.165, 1.54) is 193 Å². The number of allylic oxidation sites excluding steroid dienone is 2. The van der Waals surface area contributed by atoms with Gasteiger partial charge in [-0.2, -0.15) is 8.42 Å². The van der Waals surface area contributed by atoms with Gasteiger partial charge in [-0.05, 0) is 38.5 Å². The lowest BCUT2D eigenvalue weighted by atomic mass is 9.99. The van der Waals surface area contributed by atoms with Crippen LogP contribution in [0.5, 0.6) is 0 Å². The van der Waals surface area contributed by atoms with Crippen LogP contribution in [0.4, 0.5) is 0 Å². The zero-order chi connectivity index (χ0) is 49.1. The van der Waals surface area contributed by atoms with Gasteiger partial charge in [0.05, 0.1) is 25.4 Å². The predicted octanol–water partition coefficient (Wildman–Crippen LogP) is 12.7. The molecule has 12 nitrogen and oxygen atoms in total. The van der Waals surface area contributed by atoms with Gasteiger partial charge in [0.2, 0.25) is 5.91 Å². The van der Waals surface area contributed by atoms with Crippen LogP contribution >= 0.6 is 0 Å². The highest BCUT2D eigenvalue weighted by Crippen LogP contribution is 2.26. The van der Waals surface area contributed by atoms with E-state index >= 15 is 0 Å². The van der Waals surface area contributed by atoms with Crippen molar-refractivity contribution in [3.63, 3.8) is 0 Å². The van der Waals surface area contributed by atoms with Crippen LogP contribution in [0.15, 0.2) is 12.2 Å². The van der Waals surface area contributed by atoms with Crippen LogP contribution < -0.4 is 5.32 Å². The summed E-state index contributed by atoms with van der Waals surface area (Å²) in [4.78, 5) is 13.1. The molecule has 1 aliphatic heterocycles. The Balaban J connectivity index is 2.34. The predicted molar refractivity (Wildman–Crippen MR) is 273 cm³/mol. The summed E-state index contributed by atoms with van der Waals surface area (Å²) < 4.78 is 47.8. The molecule has 0 aromatic rings. The van der Waals surface area contributed by atoms with Crippen molar-refractivity contribution in [2.24, 2.45) is 0 Å². The van der Waals surface area contributed by atoms with Gasteiger partial charge in [-0.1, -0.05) is 238 Å². The highest BCUT2D eigenvalue weighted by molar-refractivity contribution is 7.80. The second-order valence-corrected chi connectivity index (χ2v) is 20.9. The molecule has 0 aliphatic carbocycles. The van der Waals surface area contributed by atoms with E-state index < -0.39 is 59.9 Å². The van der Waals surface area contributed by atoms with Crippen LogP contribution in [0.2, 0.25) is 0 Å². The zero-order valence-corrected chi connectivity index (χ0v) is 43.8. The molecule has 6 N–H and O–H groups in total. The van der Waals surface area contributed by atoms with Crippen molar-refractivity contribution in [1.29, 1.82) is 0 Å². The van der Waals surface area contributed by atoms with Crippen molar-refractivity contribution in [3.05, 3.63) is 12.2 Å². The fourth-order valence-corrected chi connectivity index (χ4v) is 9.73. The fraction of sp³-hybridized carbons (Fsp3) is 0.944. The maximum Gasteiger partial charge on any atom is 0.397 e. The van der Waals surface area contributed by atoms with Gasteiger partial charge in [0.1, 0.15) is 24.4 Å². The third kappa shape index (κ3) is 37.3. The van der Waals surface area contributed by atoms with Gasteiger partial charge in [-0.3, -0.25) is 9.35 Å². The number of ether oxygens (including phenoxy) is 2. The number of aliphatic hydroxyl groups is 4. The second-order valence-electron chi connectivity index (χ2n) is 19.9. The normalized spacial score (nSPS) is 19.9. The Hall–Kier alpha value is -1.16. The molecule has 1 heterocycles. The average molecular weight is 976 g/mol. The van der Waals surface area contributed by atoms with Crippen LogP contribution in [0.25, 0.3) is 0 Å². The molecule has 0 aromatic carbocycles. The first-order valence-corrected chi connectivity index (χ1v) is 29.4. The van der Waals surface area contributed by atoms with E-state index in [4.69, 9.17) is 9.47 Å². The lowest BCUT2D eigenvalue weighted by molar-refractivity contribution is -0.298. The number of hydrogen-bond acceptors (Lipinski definition) is 10. The van der Waals surface area contributed by atoms with Gasteiger partial charge < -0.3 is 35.2 Å². The molecule has 0 radical (unpaired) electrons. The summed E-state index contributed by atoms with van der Waals surface area (Å²) in [6.07, 6.45) is 43.6. The molecule has 1 rings (SSSR count). The van der Waals surface area contributed by atoms with Crippen molar-refractivity contribution in [2.45, 2.75) is 314 Å². The molecule has 0 bridgehead atoms. The number of unbranched alkanes of at least 4 members (excludes halogenated alkanes) is 35. The van der Waals surface area contributed by atoms with Crippen LogP contribution in [0.1, 0.15) is 271 Å². The Kier molecular flexibility index (Phi) is 42.7. The summed E-state index contributed by atoms with van der Waals surface area (Å²) in [5.41, 5.74) is 0. The van der Waals surface area contributed by atoms with Crippen molar-refractivity contribution in [1.82, 2.24) is 5.32 Å². The molecule has 7 atom stereocenters. The number of carbonyl (C=O) groups excluding carboxylic acids is 1. The first-order chi connectivity index (χ1) is 32.5. The Morgan fingerprint density at radius 1 is 0.582 bits per heavy atom. The maximum atomic E-state index is 13.1. The standard InChI is InChI=1S/C54H105NO11S/c1-3-5-7-9-11-13-15-17-19-20-21-22-23-24-25-26-27-28-30-32-34-36-38-40-42-44-50(58)55-47(46-64-54-52(60)53(66-67(61,62)63)51(59)49(45-56)65-54)48(57)43-41-39-37-35-33-31-29-18-16-14-12-10-8-6-4-2/h24-25,47-49,51-54,56-57,59-60H,3-23,26-46H2,1-2H3,(H,55,58)(H,61,62,63)/b25-24-. The second kappa shape index (κ2) is 44.8. The summed E-state index contributed by atoms with van der Waals surface area (Å²) in [7, 11) is -5.08. The number of hydrogen-bond donors (Lipinski definition) is 6. The molecule has 398 valence electrons. The van der Waals surface area contributed by atoms with Crippen LogP contribution in [0.3, 0.4) is 0 Å². The molecular weight excluding hydrogens is 871 g/mol. The van der Waals surface area contributed by atoms with Gasteiger partial charge in [0.25, 0.3) is 0 Å². The van der Waals surface area contributed by atoms with E-state index in [0.29, 0.717) is 12.8 Å². The van der Waals surface area contributed by atoms with E-state index in [0.717, 1.165) is 51.4 Å². The highest BCUT2D eigenvalue weighted by atomic mass is 32.3. The zero-order valence-electron chi connectivity index (χ0n) is 43.0. The Labute approximate surface area is 410 Å². The number of nitrogens with one attached hydrogen (secondary N) is 1. The first kappa shape index (κ1) is 63.9. The molecule has 1 amide bonds. The molecule has 0 saturated carbocycles. The summed E-state index contributed by atoms with van der Waals surface area (Å²) in [6, 6.07) is -0.856. The lowest BCUT2D eigenvalue weighted by Gasteiger charge is -2.41. The van der Waals surface area contributed by atoms with E-state index in [1.54, 1.807) is 0 Å². The average Bonchev–Trinajstić information content (AvgIpc) is 3.30. The monoisotopic (exact) mass is 976 g/mol. The molecule has 0 spiro atoms. The summed E-state index contributed by atoms with van der Waals surface area (Å²) in [6.45, 7) is 3.48. The molecule has 1 fully saturated rings. The number of rotatable bonds is 49. The van der Waals surface area contributed by atoms with Gasteiger partial charge in [-0.15, -0.1) is 0 Å². The minimum Gasteiger partial charge on any atom is -0.394 e. The number of carbonyl (C=O) groups is 1. The lowest BCUT2D eigenvalue weighted by Crippen LogP contribution is -2.61. The Morgan fingerprint density at radius 3 is 1.34 bits per heavy atom. The Bertz CT molecular complexity index is 1240. The third-order valence-corrected chi connectivity index (χ3v) is 14.0. The van der Waals surface area contributed by atoms with Crippen molar-refractivity contribution >= 4 is 16.3 Å². The third-order valence-electron chi connectivity index (χ3n) is 13.6. The van der Waals surface area contributed by atoms with Crippen molar-refractivity contribution in [3.8, 4) is 0 Å². The largest absolute Gasteiger partial charge is 0.397 e. The van der Waals surface area contributed by atoms with Crippen molar-refractivity contribution < 1.29 is 51.8 Å². The van der Waals surface area contributed by atoms with E-state index in [2.05, 4.69) is 35.5 Å². The minimum absolute atomic E-state index is 0.228. The summed E-state index contributed by atoms with van der Waals surface area (Å²) in [5.74, 6) is -0.228. The fourth-order valence-electron chi connectivity index (χ4n) is 9.22. The number of amides is 1. The van der Waals surface area contributed by atoms with Crippen molar-refractivity contribution in [2.75, 3.05) is 13.2 Å². The van der Waals surface area contributed by atoms with Crippen LogP contribution in [-0.4, -0.2) is 95.4 Å². The van der Waals surface area contributed by atoms with E-state index in [9.17, 15) is 38.2 Å². The SMILES string of the molecule is CCCCCCCCCCCCCC/C=C\CCCCCCCCCCCC(=O)NC(COC1OC(CO)C(O)C(OS(=O)(=O)O)C1O)C(O)CCCCCCCCCCCCCCCCC. The summed E-state index contributed by atoms with van der Waals surface area (Å²) >= 11 is 0. The van der Waals surface area contributed by atoms with Crippen LogP contribution in [-0.2, 0) is 28.9 Å². The highest BCUT2D eigenvalue weighted by Gasteiger charge is 2.48. The Morgan fingerprint density at radius 2 is 0.955 bits per heavy atom. The molecule has 1 aliphatic rings. The molecule has 13 heteroatoms. The van der Waals surface area contributed by atoms with Crippen LogP contribution in [0, 0.1) is 0 Å². The van der Waals surface area contributed by atoms with Gasteiger partial charge >= 0.3 is 10.4 Å². The van der Waals surface area contributed by atoms with Gasteiger partial charge in [0.15, 0.2) is 6.29 Å². The smallest absolute Gasteiger partial charge is 0.394 e.